The van der Waals surface area contributed by atoms with Gasteiger partial charge < -0.3 is 5.73 Å². The molecule has 20 heavy (non-hydrogen) atoms. The quantitative estimate of drug-likeness (QED) is 0.835. The molecule has 0 saturated carbocycles. The highest BCUT2D eigenvalue weighted by Gasteiger charge is 2.36. The highest BCUT2D eigenvalue weighted by Crippen LogP contribution is 2.37. The smallest absolute Gasteiger partial charge is 0.364 e. The third-order valence-corrected chi connectivity index (χ3v) is 2.66. The van der Waals surface area contributed by atoms with E-state index in [1.54, 1.807) is 0 Å². The topological polar surface area (TPSA) is 84.7 Å². The van der Waals surface area contributed by atoms with Gasteiger partial charge in [-0.25, -0.2) is 4.39 Å². The molecule has 2 rings (SSSR count). The number of halogens is 5. The molecule has 0 atom stereocenters. The van der Waals surface area contributed by atoms with Crippen molar-refractivity contribution < 1.29 is 22.4 Å². The molecule has 0 spiro atoms. The number of nitrogens with one attached hydrogen (secondary N) is 1. The van der Waals surface area contributed by atoms with E-state index >= 15 is 0 Å². The number of aromatic nitrogens is 3. The second kappa shape index (κ2) is 4.75. The third kappa shape index (κ3) is 2.44. The maximum absolute atomic E-state index is 13.4. The Morgan fingerprint density at radius 1 is 1.30 bits per heavy atom. The molecule has 10 heteroatoms. The summed E-state index contributed by atoms with van der Waals surface area (Å²) in [6.45, 7) is 0. The first-order valence-electron chi connectivity index (χ1n) is 4.99. The van der Waals surface area contributed by atoms with E-state index in [2.05, 4.69) is 15.4 Å². The van der Waals surface area contributed by atoms with E-state index in [0.29, 0.717) is 6.07 Å². The molecule has 1 aromatic heterocycles. The van der Waals surface area contributed by atoms with Gasteiger partial charge in [0, 0.05) is 5.56 Å². The highest BCUT2D eigenvalue weighted by molar-refractivity contribution is 6.31. The molecule has 3 N–H and O–H groups in total. The van der Waals surface area contributed by atoms with Crippen molar-refractivity contribution in [3.63, 3.8) is 0 Å². The number of rotatable bonds is 2. The Hall–Kier alpha value is -2.16. The van der Waals surface area contributed by atoms with Crippen LogP contribution in [-0.4, -0.2) is 21.3 Å². The molecule has 1 heterocycles. The Labute approximate surface area is 113 Å². The zero-order valence-corrected chi connectivity index (χ0v) is 10.2. The number of nitrogens with zero attached hydrogens (tertiary/aromatic N) is 2. The van der Waals surface area contributed by atoms with Crippen molar-refractivity contribution in [1.29, 1.82) is 0 Å². The van der Waals surface area contributed by atoms with Gasteiger partial charge in [-0.2, -0.15) is 28.6 Å². The molecule has 0 aliphatic heterocycles. The first-order valence-corrected chi connectivity index (χ1v) is 5.36. The SMILES string of the molecule is NC(=O)c1n[nH]nc1-c1cc(Cl)c(F)c(C(F)(F)F)c1. The molecule has 0 radical (unpaired) electrons. The van der Waals surface area contributed by atoms with E-state index in [9.17, 15) is 22.4 Å². The Morgan fingerprint density at radius 2 is 1.95 bits per heavy atom. The predicted octanol–water partition coefficient (Wildman–Crippen LogP) is 2.38. The van der Waals surface area contributed by atoms with E-state index in [1.807, 2.05) is 0 Å². The fraction of sp³-hybridized carbons (Fsp3) is 0.100. The number of alkyl halides is 3. The number of amides is 1. The van der Waals surface area contributed by atoms with Gasteiger partial charge in [-0.15, -0.1) is 0 Å². The standard InChI is InChI=1S/C10H5ClF4N4O/c11-5-2-3(1-4(6(5)12)10(13,14)15)7-8(9(16)20)18-19-17-7/h1-2H,(H2,16,20)(H,17,18,19). The minimum atomic E-state index is -4.94. The van der Waals surface area contributed by atoms with Gasteiger partial charge in [0.15, 0.2) is 11.5 Å². The molecule has 0 saturated heterocycles. The van der Waals surface area contributed by atoms with Crippen molar-refractivity contribution in [2.75, 3.05) is 0 Å². The first kappa shape index (κ1) is 14.3. The number of hydrogen-bond donors (Lipinski definition) is 2. The molecule has 0 aliphatic carbocycles. The van der Waals surface area contributed by atoms with E-state index in [4.69, 9.17) is 17.3 Å². The fourth-order valence-corrected chi connectivity index (χ4v) is 1.76. The van der Waals surface area contributed by atoms with Gasteiger partial charge in [0.2, 0.25) is 0 Å². The predicted molar refractivity (Wildman–Crippen MR) is 60.3 cm³/mol. The van der Waals surface area contributed by atoms with Crippen molar-refractivity contribution in [1.82, 2.24) is 15.4 Å². The average molecular weight is 309 g/mol. The molecule has 1 amide bonds. The van der Waals surface area contributed by atoms with Crippen molar-refractivity contribution in [2.45, 2.75) is 6.18 Å². The molecule has 2 aromatic rings. The Bertz CT molecular complexity index is 682. The van der Waals surface area contributed by atoms with Gasteiger partial charge in [0.25, 0.3) is 5.91 Å². The Balaban J connectivity index is 2.67. The summed E-state index contributed by atoms with van der Waals surface area (Å²) < 4.78 is 51.4. The van der Waals surface area contributed by atoms with Crippen LogP contribution in [0.4, 0.5) is 17.6 Å². The van der Waals surface area contributed by atoms with Crippen LogP contribution in [0.3, 0.4) is 0 Å². The summed E-state index contributed by atoms with van der Waals surface area (Å²) >= 11 is 5.42. The van der Waals surface area contributed by atoms with E-state index in [1.165, 1.54) is 0 Å². The highest BCUT2D eigenvalue weighted by atomic mass is 35.5. The largest absolute Gasteiger partial charge is 0.419 e. The normalized spacial score (nSPS) is 11.7. The number of hydrogen-bond acceptors (Lipinski definition) is 3. The number of carbonyl (C=O) groups is 1. The Kier molecular flexibility index (Phi) is 3.38. The molecule has 0 bridgehead atoms. The molecular weight excluding hydrogens is 304 g/mol. The van der Waals surface area contributed by atoms with Crippen LogP contribution in [-0.2, 0) is 6.18 Å². The lowest BCUT2D eigenvalue weighted by Crippen LogP contribution is -2.13. The lowest BCUT2D eigenvalue weighted by Gasteiger charge is -2.10. The number of H-pyrrole nitrogens is 1. The van der Waals surface area contributed by atoms with Crippen LogP contribution in [0.2, 0.25) is 5.02 Å². The summed E-state index contributed by atoms with van der Waals surface area (Å²) in [5, 5.41) is 8.22. The van der Waals surface area contributed by atoms with E-state index < -0.39 is 28.5 Å². The lowest BCUT2D eigenvalue weighted by molar-refractivity contribution is -0.139. The van der Waals surface area contributed by atoms with Crippen LogP contribution in [0, 0.1) is 5.82 Å². The summed E-state index contributed by atoms with van der Waals surface area (Å²) in [5.41, 5.74) is 2.58. The lowest BCUT2D eigenvalue weighted by atomic mass is 10.1. The van der Waals surface area contributed by atoms with E-state index in [-0.39, 0.29) is 17.0 Å². The summed E-state index contributed by atoms with van der Waals surface area (Å²) in [6, 6.07) is 1.38. The van der Waals surface area contributed by atoms with Crippen LogP contribution in [0.5, 0.6) is 0 Å². The second-order valence-corrected chi connectivity index (χ2v) is 4.11. The summed E-state index contributed by atoms with van der Waals surface area (Å²) in [5.74, 6) is -2.60. The minimum absolute atomic E-state index is 0.230. The first-order chi connectivity index (χ1) is 9.21. The van der Waals surface area contributed by atoms with Crippen molar-refractivity contribution in [3.8, 4) is 11.3 Å². The molecule has 106 valence electrons. The Morgan fingerprint density at radius 3 is 2.50 bits per heavy atom. The van der Waals surface area contributed by atoms with Gasteiger partial charge in [-0.3, -0.25) is 4.79 Å². The van der Waals surface area contributed by atoms with Crippen molar-refractivity contribution in [2.24, 2.45) is 5.73 Å². The average Bonchev–Trinajstić information content (AvgIpc) is 2.80. The van der Waals surface area contributed by atoms with Gasteiger partial charge >= 0.3 is 6.18 Å². The molecule has 0 unspecified atom stereocenters. The molecular formula is C10H5ClF4N4O. The summed E-state index contributed by atoms with van der Waals surface area (Å²) in [7, 11) is 0. The van der Waals surface area contributed by atoms with Crippen LogP contribution >= 0.6 is 11.6 Å². The van der Waals surface area contributed by atoms with E-state index in [0.717, 1.165) is 6.07 Å². The monoisotopic (exact) mass is 308 g/mol. The third-order valence-electron chi connectivity index (χ3n) is 2.39. The maximum Gasteiger partial charge on any atom is 0.419 e. The van der Waals surface area contributed by atoms with Gasteiger partial charge in [0.05, 0.1) is 10.6 Å². The van der Waals surface area contributed by atoms with Crippen molar-refractivity contribution >= 4 is 17.5 Å². The minimum Gasteiger partial charge on any atom is -0.364 e. The van der Waals surface area contributed by atoms with Crippen LogP contribution in [0.15, 0.2) is 12.1 Å². The number of carbonyl (C=O) groups excluding carboxylic acids is 1. The molecule has 0 fully saturated rings. The summed E-state index contributed by atoms with van der Waals surface area (Å²) in [4.78, 5) is 11.1. The number of primary amides is 1. The molecule has 0 aliphatic rings. The fourth-order valence-electron chi connectivity index (χ4n) is 1.54. The van der Waals surface area contributed by atoms with Crippen molar-refractivity contribution in [3.05, 3.63) is 34.2 Å². The van der Waals surface area contributed by atoms with Crippen LogP contribution in [0.1, 0.15) is 16.1 Å². The van der Waals surface area contributed by atoms with Gasteiger partial charge in [-0.05, 0) is 12.1 Å². The zero-order chi connectivity index (χ0) is 15.1. The number of aromatic amines is 1. The molecule has 1 aromatic carbocycles. The van der Waals surface area contributed by atoms with Crippen LogP contribution in [0.25, 0.3) is 11.3 Å². The van der Waals surface area contributed by atoms with Crippen LogP contribution < -0.4 is 5.73 Å². The van der Waals surface area contributed by atoms with Gasteiger partial charge in [-0.1, -0.05) is 11.6 Å². The number of benzene rings is 1. The maximum atomic E-state index is 13.4. The molecule has 5 nitrogen and oxygen atoms in total. The van der Waals surface area contributed by atoms with Gasteiger partial charge in [0.1, 0.15) is 5.69 Å². The zero-order valence-electron chi connectivity index (χ0n) is 9.42. The summed E-state index contributed by atoms with van der Waals surface area (Å²) in [6.07, 6.45) is -4.94. The number of nitrogens with two attached hydrogens (primary N) is 1. The second-order valence-electron chi connectivity index (χ2n) is 3.70.